The quantitative estimate of drug-likeness (QED) is 0.887. The minimum absolute atomic E-state index is 0.266. The summed E-state index contributed by atoms with van der Waals surface area (Å²) in [5, 5.41) is 9.03. The van der Waals surface area contributed by atoms with Gasteiger partial charge in [-0.25, -0.2) is 4.79 Å². The Bertz CT molecular complexity index is 433. The molecule has 0 saturated carbocycles. The van der Waals surface area contributed by atoms with Crippen LogP contribution in [0.3, 0.4) is 0 Å². The van der Waals surface area contributed by atoms with E-state index in [4.69, 9.17) is 9.84 Å². The average Bonchev–Trinajstić information content (AvgIpc) is 2.45. The lowest BCUT2D eigenvalue weighted by atomic mass is 10.1. The van der Waals surface area contributed by atoms with Gasteiger partial charge < -0.3 is 14.7 Å². The van der Waals surface area contributed by atoms with Crippen molar-refractivity contribution >= 4 is 11.7 Å². The molecule has 2 rings (SSSR count). The highest BCUT2D eigenvalue weighted by molar-refractivity contribution is 5.88. The summed E-state index contributed by atoms with van der Waals surface area (Å²) in [6.45, 7) is 4.72. The van der Waals surface area contributed by atoms with Crippen molar-refractivity contribution in [1.82, 2.24) is 0 Å². The first-order valence-corrected chi connectivity index (χ1v) is 6.90. The van der Waals surface area contributed by atoms with Gasteiger partial charge in [0, 0.05) is 25.4 Å². The Morgan fingerprint density at radius 2 is 2.37 bits per heavy atom. The third-order valence-electron chi connectivity index (χ3n) is 3.39. The number of rotatable bonds is 5. The van der Waals surface area contributed by atoms with Crippen molar-refractivity contribution in [2.75, 3.05) is 24.6 Å². The van der Waals surface area contributed by atoms with E-state index in [1.807, 2.05) is 6.07 Å². The fourth-order valence-electron chi connectivity index (χ4n) is 2.43. The molecule has 1 aromatic rings. The van der Waals surface area contributed by atoms with E-state index in [0.29, 0.717) is 5.56 Å². The van der Waals surface area contributed by atoms with Crippen molar-refractivity contribution in [2.24, 2.45) is 0 Å². The number of hydrogen-bond acceptors (Lipinski definition) is 3. The summed E-state index contributed by atoms with van der Waals surface area (Å²) < 4.78 is 5.80. The van der Waals surface area contributed by atoms with Crippen LogP contribution in [0.1, 0.15) is 36.5 Å². The molecule has 1 aromatic carbocycles. The Kier molecular flexibility index (Phi) is 4.80. The van der Waals surface area contributed by atoms with Crippen LogP contribution in [0.25, 0.3) is 0 Å². The van der Waals surface area contributed by atoms with Gasteiger partial charge >= 0.3 is 5.97 Å². The molecule has 4 heteroatoms. The second kappa shape index (κ2) is 6.57. The number of carbonyl (C=O) groups is 1. The molecule has 104 valence electrons. The van der Waals surface area contributed by atoms with Crippen LogP contribution in [0.5, 0.6) is 0 Å². The molecule has 1 heterocycles. The first-order valence-electron chi connectivity index (χ1n) is 6.90. The van der Waals surface area contributed by atoms with Crippen molar-refractivity contribution in [2.45, 2.75) is 32.3 Å². The van der Waals surface area contributed by atoms with Crippen LogP contribution in [0, 0.1) is 0 Å². The van der Waals surface area contributed by atoms with E-state index in [1.54, 1.807) is 18.2 Å². The second-order valence-corrected chi connectivity index (χ2v) is 4.94. The van der Waals surface area contributed by atoms with Gasteiger partial charge in [-0.15, -0.1) is 0 Å². The molecule has 4 nitrogen and oxygen atoms in total. The molecule has 0 bridgehead atoms. The largest absolute Gasteiger partial charge is 0.478 e. The lowest BCUT2D eigenvalue weighted by Gasteiger charge is -2.34. The zero-order valence-corrected chi connectivity index (χ0v) is 11.3. The Morgan fingerprint density at radius 1 is 1.53 bits per heavy atom. The Morgan fingerprint density at radius 3 is 3.11 bits per heavy atom. The summed E-state index contributed by atoms with van der Waals surface area (Å²) in [6.07, 6.45) is 3.48. The molecule has 0 amide bonds. The molecule has 1 fully saturated rings. The van der Waals surface area contributed by atoms with E-state index < -0.39 is 5.97 Å². The molecule has 1 aliphatic rings. The minimum Gasteiger partial charge on any atom is -0.478 e. The molecular formula is C15H21NO3. The van der Waals surface area contributed by atoms with Gasteiger partial charge in [0.25, 0.3) is 0 Å². The van der Waals surface area contributed by atoms with Crippen LogP contribution in [-0.4, -0.2) is 36.9 Å². The SMILES string of the molecule is CCCOC1CCCN(c2cccc(C(=O)O)c2)C1. The molecule has 1 N–H and O–H groups in total. The summed E-state index contributed by atoms with van der Waals surface area (Å²) in [4.78, 5) is 13.2. The van der Waals surface area contributed by atoms with Gasteiger partial charge in [0.05, 0.1) is 11.7 Å². The van der Waals surface area contributed by atoms with Gasteiger partial charge in [-0.3, -0.25) is 0 Å². The van der Waals surface area contributed by atoms with Crippen molar-refractivity contribution in [3.8, 4) is 0 Å². The standard InChI is InChI=1S/C15H21NO3/c1-2-9-19-14-7-4-8-16(11-14)13-6-3-5-12(10-13)15(17)18/h3,5-6,10,14H,2,4,7-9,11H2,1H3,(H,17,18). The number of nitrogens with zero attached hydrogens (tertiary/aromatic N) is 1. The molecule has 19 heavy (non-hydrogen) atoms. The van der Waals surface area contributed by atoms with E-state index in [9.17, 15) is 4.79 Å². The predicted molar refractivity (Wildman–Crippen MR) is 74.9 cm³/mol. The van der Waals surface area contributed by atoms with Gasteiger partial charge in [0.15, 0.2) is 0 Å². The third-order valence-corrected chi connectivity index (χ3v) is 3.39. The molecule has 1 unspecified atom stereocenters. The summed E-state index contributed by atoms with van der Waals surface area (Å²) in [6, 6.07) is 7.13. The number of benzene rings is 1. The number of carboxylic acid groups (broad SMARTS) is 1. The summed E-state index contributed by atoms with van der Waals surface area (Å²) in [7, 11) is 0. The zero-order chi connectivity index (χ0) is 13.7. The summed E-state index contributed by atoms with van der Waals surface area (Å²) in [5.41, 5.74) is 1.32. The van der Waals surface area contributed by atoms with Gasteiger partial charge in [-0.05, 0) is 37.5 Å². The minimum atomic E-state index is -0.877. The van der Waals surface area contributed by atoms with Crippen molar-refractivity contribution in [1.29, 1.82) is 0 Å². The molecule has 1 atom stereocenters. The van der Waals surface area contributed by atoms with Gasteiger partial charge in [0.1, 0.15) is 0 Å². The van der Waals surface area contributed by atoms with Crippen LogP contribution in [0.2, 0.25) is 0 Å². The number of anilines is 1. The number of carboxylic acids is 1. The molecule has 0 radical (unpaired) electrons. The maximum Gasteiger partial charge on any atom is 0.335 e. The summed E-state index contributed by atoms with van der Waals surface area (Å²) in [5.74, 6) is -0.877. The van der Waals surface area contributed by atoms with Crippen molar-refractivity contribution in [3.05, 3.63) is 29.8 Å². The van der Waals surface area contributed by atoms with E-state index in [-0.39, 0.29) is 6.10 Å². The monoisotopic (exact) mass is 263 g/mol. The van der Waals surface area contributed by atoms with Crippen LogP contribution < -0.4 is 4.90 Å². The molecular weight excluding hydrogens is 242 g/mol. The average molecular weight is 263 g/mol. The fourth-order valence-corrected chi connectivity index (χ4v) is 2.43. The number of ether oxygens (including phenoxy) is 1. The van der Waals surface area contributed by atoms with Crippen LogP contribution in [0.4, 0.5) is 5.69 Å². The highest BCUT2D eigenvalue weighted by Crippen LogP contribution is 2.22. The first-order chi connectivity index (χ1) is 9.20. The maximum atomic E-state index is 11.0. The second-order valence-electron chi connectivity index (χ2n) is 4.94. The van der Waals surface area contributed by atoms with Crippen LogP contribution in [0.15, 0.2) is 24.3 Å². The maximum absolute atomic E-state index is 11.0. The number of piperidine rings is 1. The Labute approximate surface area is 114 Å². The highest BCUT2D eigenvalue weighted by atomic mass is 16.5. The lowest BCUT2D eigenvalue weighted by molar-refractivity contribution is 0.0440. The summed E-state index contributed by atoms with van der Waals surface area (Å²) >= 11 is 0. The topological polar surface area (TPSA) is 49.8 Å². The van der Waals surface area contributed by atoms with E-state index in [0.717, 1.165) is 44.6 Å². The number of hydrogen-bond donors (Lipinski definition) is 1. The smallest absolute Gasteiger partial charge is 0.335 e. The van der Waals surface area contributed by atoms with Gasteiger partial charge in [-0.2, -0.15) is 0 Å². The van der Waals surface area contributed by atoms with Crippen LogP contribution in [-0.2, 0) is 4.74 Å². The van der Waals surface area contributed by atoms with Crippen molar-refractivity contribution < 1.29 is 14.6 Å². The Hall–Kier alpha value is -1.55. The van der Waals surface area contributed by atoms with E-state index in [1.165, 1.54) is 0 Å². The highest BCUT2D eigenvalue weighted by Gasteiger charge is 2.20. The normalized spacial score (nSPS) is 19.4. The van der Waals surface area contributed by atoms with Gasteiger partial charge in [-0.1, -0.05) is 13.0 Å². The molecule has 1 saturated heterocycles. The predicted octanol–water partition coefficient (Wildman–Crippen LogP) is 2.78. The zero-order valence-electron chi connectivity index (χ0n) is 11.3. The molecule has 0 aliphatic carbocycles. The third kappa shape index (κ3) is 3.70. The lowest BCUT2D eigenvalue weighted by Crippen LogP contribution is -2.39. The fraction of sp³-hybridized carbons (Fsp3) is 0.533. The van der Waals surface area contributed by atoms with E-state index >= 15 is 0 Å². The van der Waals surface area contributed by atoms with Crippen LogP contribution >= 0.6 is 0 Å². The number of aromatic carboxylic acids is 1. The molecule has 0 aromatic heterocycles. The molecule has 1 aliphatic heterocycles. The first kappa shape index (κ1) is 13.9. The Balaban J connectivity index is 2.04. The van der Waals surface area contributed by atoms with E-state index in [2.05, 4.69) is 11.8 Å². The van der Waals surface area contributed by atoms with Gasteiger partial charge in [0.2, 0.25) is 0 Å². The molecule has 0 spiro atoms. The van der Waals surface area contributed by atoms with Crippen molar-refractivity contribution in [3.63, 3.8) is 0 Å².